The summed E-state index contributed by atoms with van der Waals surface area (Å²) < 4.78 is 31.5. The molecule has 1 aromatic rings. The third-order valence-corrected chi connectivity index (χ3v) is 2.55. The van der Waals surface area contributed by atoms with E-state index in [2.05, 4.69) is 22.9 Å². The Morgan fingerprint density at radius 2 is 2.00 bits per heavy atom. The van der Waals surface area contributed by atoms with Crippen molar-refractivity contribution < 1.29 is 13.5 Å². The van der Waals surface area contributed by atoms with Crippen LogP contribution in [-0.2, 0) is 0 Å². The van der Waals surface area contributed by atoms with Crippen molar-refractivity contribution in [2.75, 3.05) is 6.61 Å². The summed E-state index contributed by atoms with van der Waals surface area (Å²) in [5, 5.41) is 0. The molecule has 4 heteroatoms. The second kappa shape index (κ2) is 6.05. The zero-order valence-electron chi connectivity index (χ0n) is 8.53. The van der Waals surface area contributed by atoms with Crippen molar-refractivity contribution in [2.45, 2.75) is 26.2 Å². The molecule has 0 N–H and O–H groups in total. The molecule has 1 rings (SSSR count). The SMILES string of the molecule is CCCCCOc1c(F)cc(F)cc1Br. The van der Waals surface area contributed by atoms with Crippen LogP contribution < -0.4 is 4.74 Å². The van der Waals surface area contributed by atoms with Crippen LogP contribution in [-0.4, -0.2) is 6.61 Å². The third kappa shape index (κ3) is 3.78. The predicted octanol–water partition coefficient (Wildman–Crippen LogP) is 4.30. The maximum Gasteiger partial charge on any atom is 0.169 e. The first-order valence-corrected chi connectivity index (χ1v) is 5.71. The largest absolute Gasteiger partial charge is 0.489 e. The van der Waals surface area contributed by atoms with Crippen molar-refractivity contribution in [1.29, 1.82) is 0 Å². The molecule has 0 aliphatic carbocycles. The van der Waals surface area contributed by atoms with Crippen molar-refractivity contribution in [3.8, 4) is 5.75 Å². The maximum atomic E-state index is 13.2. The number of hydrogen-bond donors (Lipinski definition) is 0. The lowest BCUT2D eigenvalue weighted by Gasteiger charge is -2.08. The lowest BCUT2D eigenvalue weighted by molar-refractivity contribution is 0.288. The average Bonchev–Trinajstić information content (AvgIpc) is 2.15. The molecule has 0 spiro atoms. The fraction of sp³-hybridized carbons (Fsp3) is 0.455. The Labute approximate surface area is 96.6 Å². The van der Waals surface area contributed by atoms with Crippen molar-refractivity contribution >= 4 is 15.9 Å². The van der Waals surface area contributed by atoms with Gasteiger partial charge in [0.25, 0.3) is 0 Å². The quantitative estimate of drug-likeness (QED) is 0.730. The molecule has 0 bridgehead atoms. The highest BCUT2D eigenvalue weighted by molar-refractivity contribution is 9.10. The zero-order valence-corrected chi connectivity index (χ0v) is 10.1. The summed E-state index contributed by atoms with van der Waals surface area (Å²) in [5.74, 6) is -1.19. The van der Waals surface area contributed by atoms with E-state index in [-0.39, 0.29) is 5.75 Å². The third-order valence-electron chi connectivity index (χ3n) is 1.96. The smallest absolute Gasteiger partial charge is 0.169 e. The molecule has 0 amide bonds. The Hall–Kier alpha value is -0.640. The second-order valence-corrected chi connectivity index (χ2v) is 4.11. The van der Waals surface area contributed by atoms with Crippen LogP contribution in [0.15, 0.2) is 16.6 Å². The Kier molecular flexibility index (Phi) is 5.02. The Balaban J connectivity index is 2.60. The van der Waals surface area contributed by atoms with Gasteiger partial charge in [0.05, 0.1) is 11.1 Å². The van der Waals surface area contributed by atoms with Gasteiger partial charge in [0.2, 0.25) is 0 Å². The number of unbranched alkanes of at least 4 members (excludes halogenated alkanes) is 2. The van der Waals surface area contributed by atoms with Gasteiger partial charge >= 0.3 is 0 Å². The number of rotatable bonds is 5. The summed E-state index contributed by atoms with van der Waals surface area (Å²) in [7, 11) is 0. The fourth-order valence-electron chi connectivity index (χ4n) is 1.19. The normalized spacial score (nSPS) is 10.4. The monoisotopic (exact) mass is 278 g/mol. The van der Waals surface area contributed by atoms with Gasteiger partial charge in [0.15, 0.2) is 11.6 Å². The first kappa shape index (κ1) is 12.4. The van der Waals surface area contributed by atoms with Crippen LogP contribution in [0.3, 0.4) is 0 Å². The van der Waals surface area contributed by atoms with E-state index in [0.717, 1.165) is 25.3 Å². The van der Waals surface area contributed by atoms with E-state index in [1.54, 1.807) is 0 Å². The summed E-state index contributed by atoms with van der Waals surface area (Å²) in [5.41, 5.74) is 0. The first-order valence-electron chi connectivity index (χ1n) is 4.92. The molecule has 0 atom stereocenters. The van der Waals surface area contributed by atoms with Crippen LogP contribution >= 0.6 is 15.9 Å². The molecular weight excluding hydrogens is 266 g/mol. The minimum absolute atomic E-state index is 0.0903. The molecule has 15 heavy (non-hydrogen) atoms. The molecule has 0 saturated carbocycles. The molecule has 0 saturated heterocycles. The van der Waals surface area contributed by atoms with Crippen LogP contribution in [0.1, 0.15) is 26.2 Å². The van der Waals surface area contributed by atoms with Gasteiger partial charge in [0, 0.05) is 6.07 Å². The minimum Gasteiger partial charge on any atom is -0.489 e. The van der Waals surface area contributed by atoms with Crippen molar-refractivity contribution in [3.05, 3.63) is 28.2 Å². The van der Waals surface area contributed by atoms with Crippen molar-refractivity contribution in [1.82, 2.24) is 0 Å². The Morgan fingerprint density at radius 1 is 1.27 bits per heavy atom. The molecule has 0 fully saturated rings. The van der Waals surface area contributed by atoms with Gasteiger partial charge in [-0.1, -0.05) is 19.8 Å². The van der Waals surface area contributed by atoms with E-state index in [1.165, 1.54) is 6.07 Å². The fourth-order valence-corrected chi connectivity index (χ4v) is 1.72. The highest BCUT2D eigenvalue weighted by Gasteiger charge is 2.10. The molecular formula is C11H13BrF2O. The van der Waals surface area contributed by atoms with E-state index in [4.69, 9.17) is 4.74 Å². The standard InChI is InChI=1S/C11H13BrF2O/c1-2-3-4-5-15-11-9(12)6-8(13)7-10(11)14/h6-7H,2-5H2,1H3. The van der Waals surface area contributed by atoms with Crippen LogP contribution in [0.25, 0.3) is 0 Å². The molecule has 0 aliphatic rings. The number of halogens is 3. The van der Waals surface area contributed by atoms with Gasteiger partial charge in [-0.2, -0.15) is 0 Å². The Morgan fingerprint density at radius 3 is 2.60 bits per heavy atom. The van der Waals surface area contributed by atoms with Gasteiger partial charge < -0.3 is 4.74 Å². The van der Waals surface area contributed by atoms with Crippen LogP contribution in [0.5, 0.6) is 5.75 Å². The predicted molar refractivity (Wildman–Crippen MR) is 59.1 cm³/mol. The van der Waals surface area contributed by atoms with E-state index in [1.807, 2.05) is 0 Å². The lowest BCUT2D eigenvalue weighted by Crippen LogP contribution is -2.00. The lowest BCUT2D eigenvalue weighted by atomic mass is 10.2. The van der Waals surface area contributed by atoms with E-state index in [0.29, 0.717) is 11.1 Å². The van der Waals surface area contributed by atoms with E-state index < -0.39 is 11.6 Å². The van der Waals surface area contributed by atoms with Crippen LogP contribution in [0, 0.1) is 11.6 Å². The summed E-state index contributed by atoms with van der Waals surface area (Å²) >= 11 is 3.06. The van der Waals surface area contributed by atoms with Crippen molar-refractivity contribution in [2.24, 2.45) is 0 Å². The van der Waals surface area contributed by atoms with Gasteiger partial charge in [-0.3, -0.25) is 0 Å². The summed E-state index contributed by atoms with van der Waals surface area (Å²) in [4.78, 5) is 0. The maximum absolute atomic E-state index is 13.2. The highest BCUT2D eigenvalue weighted by atomic mass is 79.9. The molecule has 1 nitrogen and oxygen atoms in total. The summed E-state index contributed by atoms with van der Waals surface area (Å²) in [6, 6.07) is 2.01. The summed E-state index contributed by atoms with van der Waals surface area (Å²) in [6.45, 7) is 2.53. The minimum atomic E-state index is -0.668. The second-order valence-electron chi connectivity index (χ2n) is 3.25. The number of benzene rings is 1. The molecule has 0 aliphatic heterocycles. The van der Waals surface area contributed by atoms with E-state index >= 15 is 0 Å². The molecule has 0 radical (unpaired) electrons. The van der Waals surface area contributed by atoms with Crippen LogP contribution in [0.4, 0.5) is 8.78 Å². The van der Waals surface area contributed by atoms with Gasteiger partial charge in [0.1, 0.15) is 5.82 Å². The van der Waals surface area contributed by atoms with Gasteiger partial charge in [-0.25, -0.2) is 8.78 Å². The van der Waals surface area contributed by atoms with Crippen LogP contribution in [0.2, 0.25) is 0 Å². The molecule has 0 heterocycles. The van der Waals surface area contributed by atoms with Gasteiger partial charge in [-0.15, -0.1) is 0 Å². The first-order chi connectivity index (χ1) is 7.15. The molecule has 0 unspecified atom stereocenters. The van der Waals surface area contributed by atoms with E-state index in [9.17, 15) is 8.78 Å². The van der Waals surface area contributed by atoms with Crippen molar-refractivity contribution in [3.63, 3.8) is 0 Å². The summed E-state index contributed by atoms with van der Waals surface area (Å²) in [6.07, 6.45) is 3.00. The zero-order chi connectivity index (χ0) is 11.3. The number of hydrogen-bond acceptors (Lipinski definition) is 1. The topological polar surface area (TPSA) is 9.23 Å². The average molecular weight is 279 g/mol. The highest BCUT2D eigenvalue weighted by Crippen LogP contribution is 2.29. The molecule has 84 valence electrons. The molecule has 1 aromatic carbocycles. The van der Waals surface area contributed by atoms with Gasteiger partial charge in [-0.05, 0) is 28.4 Å². The molecule has 0 aromatic heterocycles. The Bertz CT molecular complexity index is 305. The number of ether oxygens (including phenoxy) is 1.